The maximum absolute atomic E-state index is 13.0. The molecule has 52 heavy (non-hydrogen) atoms. The van der Waals surface area contributed by atoms with E-state index >= 15 is 0 Å². The predicted octanol–water partition coefficient (Wildman–Crippen LogP) is 8.26. The minimum Gasteiger partial charge on any atom is -0.465 e. The van der Waals surface area contributed by atoms with Gasteiger partial charge in [-0.25, -0.2) is 24.0 Å². The molecule has 5 aromatic rings. The molecule has 0 aliphatic carbocycles. The van der Waals surface area contributed by atoms with Gasteiger partial charge in [-0.3, -0.25) is 0 Å². The number of hydrogen-bond donors (Lipinski definition) is 0. The van der Waals surface area contributed by atoms with Crippen LogP contribution >= 0.6 is 0 Å². The quantitative estimate of drug-likeness (QED) is 0.0874. The molecule has 5 aromatic carbocycles. The van der Waals surface area contributed by atoms with Gasteiger partial charge in [-0.1, -0.05) is 51.0 Å². The van der Waals surface area contributed by atoms with Crippen LogP contribution in [0.3, 0.4) is 0 Å². The SMILES string of the molecule is CCCc1ccc(C(=O)Oc2ccc(C(=O)Oc3ccc(OC(=O)c4ccc(OC(=O)c5ccc(CCC)cc5)cc4)c(C(=O)OC)c3)cc2)cc1. The van der Waals surface area contributed by atoms with Crippen LogP contribution in [0.15, 0.2) is 115 Å². The fourth-order valence-electron chi connectivity index (χ4n) is 5.10. The zero-order valence-corrected chi connectivity index (χ0v) is 28.9. The summed E-state index contributed by atoms with van der Waals surface area (Å²) in [6.45, 7) is 4.16. The second kappa shape index (κ2) is 17.4. The van der Waals surface area contributed by atoms with Crippen LogP contribution in [0.4, 0.5) is 0 Å². The van der Waals surface area contributed by atoms with E-state index in [4.69, 9.17) is 23.7 Å². The fraction of sp³-hybridized carbons (Fsp3) is 0.167. The van der Waals surface area contributed by atoms with Gasteiger partial charge in [-0.05, 0) is 115 Å². The van der Waals surface area contributed by atoms with Crippen LogP contribution in [-0.4, -0.2) is 37.0 Å². The molecule has 0 fully saturated rings. The number of carbonyl (C=O) groups is 5. The van der Waals surface area contributed by atoms with Crippen LogP contribution in [0.2, 0.25) is 0 Å². The summed E-state index contributed by atoms with van der Waals surface area (Å²) >= 11 is 0. The van der Waals surface area contributed by atoms with E-state index in [1.807, 2.05) is 24.3 Å². The lowest BCUT2D eigenvalue weighted by atomic mass is 10.1. The molecule has 0 unspecified atom stereocenters. The summed E-state index contributed by atoms with van der Waals surface area (Å²) in [5.41, 5.74) is 3.16. The van der Waals surface area contributed by atoms with E-state index in [1.165, 1.54) is 66.7 Å². The highest BCUT2D eigenvalue weighted by atomic mass is 16.6. The minimum absolute atomic E-state index is 0.0154. The fourth-order valence-corrected chi connectivity index (χ4v) is 5.10. The van der Waals surface area contributed by atoms with Crippen LogP contribution in [0.25, 0.3) is 0 Å². The summed E-state index contributed by atoms with van der Waals surface area (Å²) < 4.78 is 26.6. The van der Waals surface area contributed by atoms with Crippen LogP contribution in [0, 0.1) is 0 Å². The molecule has 0 aliphatic rings. The Morgan fingerprint density at radius 2 is 0.769 bits per heavy atom. The highest BCUT2D eigenvalue weighted by Gasteiger charge is 2.20. The molecule has 264 valence electrons. The largest absolute Gasteiger partial charge is 0.465 e. The highest BCUT2D eigenvalue weighted by Crippen LogP contribution is 2.27. The van der Waals surface area contributed by atoms with Crippen molar-refractivity contribution < 1.29 is 47.7 Å². The maximum Gasteiger partial charge on any atom is 0.343 e. The monoisotopic (exact) mass is 700 g/mol. The van der Waals surface area contributed by atoms with Crippen LogP contribution in [-0.2, 0) is 17.6 Å². The summed E-state index contributed by atoms with van der Waals surface area (Å²) in [4.78, 5) is 63.6. The first kappa shape index (κ1) is 36.7. The molecule has 0 aromatic heterocycles. The molecule has 0 spiro atoms. The Hall–Kier alpha value is -6.55. The van der Waals surface area contributed by atoms with Gasteiger partial charge in [0.15, 0.2) is 0 Å². The molecule has 5 rings (SSSR count). The van der Waals surface area contributed by atoms with Crippen molar-refractivity contribution >= 4 is 29.8 Å². The molecule has 0 heterocycles. The van der Waals surface area contributed by atoms with E-state index in [1.54, 1.807) is 24.3 Å². The van der Waals surface area contributed by atoms with E-state index < -0.39 is 29.8 Å². The van der Waals surface area contributed by atoms with Gasteiger partial charge in [0.2, 0.25) is 0 Å². The zero-order chi connectivity index (χ0) is 37.0. The van der Waals surface area contributed by atoms with E-state index in [2.05, 4.69) is 13.8 Å². The minimum atomic E-state index is -0.836. The van der Waals surface area contributed by atoms with E-state index in [9.17, 15) is 24.0 Å². The Bertz CT molecular complexity index is 2050. The Morgan fingerprint density at radius 1 is 0.423 bits per heavy atom. The van der Waals surface area contributed by atoms with E-state index in [-0.39, 0.29) is 39.7 Å². The number of rotatable bonds is 13. The van der Waals surface area contributed by atoms with Crippen LogP contribution < -0.4 is 18.9 Å². The van der Waals surface area contributed by atoms with E-state index in [0.29, 0.717) is 11.1 Å². The molecule has 0 N–H and O–H groups in total. The van der Waals surface area contributed by atoms with Gasteiger partial charge in [-0.2, -0.15) is 0 Å². The van der Waals surface area contributed by atoms with Crippen molar-refractivity contribution in [2.45, 2.75) is 39.5 Å². The molecule has 0 bridgehead atoms. The average Bonchev–Trinajstić information content (AvgIpc) is 3.16. The zero-order valence-electron chi connectivity index (χ0n) is 28.9. The number of aryl methyl sites for hydroxylation is 2. The molecule has 0 amide bonds. The lowest BCUT2D eigenvalue weighted by Gasteiger charge is -2.12. The van der Waals surface area contributed by atoms with Gasteiger partial charge >= 0.3 is 29.8 Å². The number of ether oxygens (including phenoxy) is 5. The third-order valence-corrected chi connectivity index (χ3v) is 7.83. The lowest BCUT2D eigenvalue weighted by Crippen LogP contribution is -2.14. The summed E-state index contributed by atoms with van der Waals surface area (Å²) in [7, 11) is 1.15. The standard InChI is InChI=1S/C42H36O10/c1-4-6-27-8-12-29(13-9-27)38(43)49-33-20-16-31(17-21-33)40(45)51-35-24-25-37(36(26-35)42(47)48-3)52-41(46)32-18-22-34(23-19-32)50-39(44)30-14-10-28(7-5-2)11-15-30/h8-26H,4-7H2,1-3H3. The second-order valence-electron chi connectivity index (χ2n) is 11.7. The maximum atomic E-state index is 13.0. The van der Waals surface area contributed by atoms with Gasteiger partial charge in [0, 0.05) is 0 Å². The molecular formula is C42H36O10. The van der Waals surface area contributed by atoms with Crippen molar-refractivity contribution in [3.63, 3.8) is 0 Å². The summed E-state index contributed by atoms with van der Waals surface area (Å²) in [6, 6.07) is 29.8. The van der Waals surface area contributed by atoms with Gasteiger partial charge in [0.1, 0.15) is 28.6 Å². The van der Waals surface area contributed by atoms with Crippen molar-refractivity contribution in [3.05, 3.63) is 154 Å². The predicted molar refractivity (Wildman–Crippen MR) is 191 cm³/mol. The number of esters is 5. The molecule has 0 atom stereocenters. The Balaban J connectivity index is 1.19. The molecule has 0 radical (unpaired) electrons. The second-order valence-corrected chi connectivity index (χ2v) is 11.7. The molecule has 0 saturated heterocycles. The van der Waals surface area contributed by atoms with Crippen LogP contribution in [0.1, 0.15) is 89.6 Å². The molecular weight excluding hydrogens is 664 g/mol. The third-order valence-electron chi connectivity index (χ3n) is 7.83. The van der Waals surface area contributed by atoms with Crippen molar-refractivity contribution in [2.75, 3.05) is 7.11 Å². The Kier molecular flexibility index (Phi) is 12.3. The van der Waals surface area contributed by atoms with Crippen molar-refractivity contribution in [1.29, 1.82) is 0 Å². The van der Waals surface area contributed by atoms with Gasteiger partial charge in [0.05, 0.1) is 29.4 Å². The van der Waals surface area contributed by atoms with Crippen molar-refractivity contribution in [3.8, 4) is 23.0 Å². The summed E-state index contributed by atoms with van der Waals surface area (Å²) in [5, 5.41) is 0. The Morgan fingerprint density at radius 3 is 1.15 bits per heavy atom. The average molecular weight is 701 g/mol. The first-order valence-electron chi connectivity index (χ1n) is 16.7. The Labute approximate surface area is 300 Å². The molecule has 10 nitrogen and oxygen atoms in total. The first-order valence-corrected chi connectivity index (χ1v) is 16.7. The molecule has 10 heteroatoms. The van der Waals surface area contributed by atoms with E-state index in [0.717, 1.165) is 43.9 Å². The molecule has 0 saturated carbocycles. The number of carbonyl (C=O) groups excluding carboxylic acids is 5. The smallest absolute Gasteiger partial charge is 0.343 e. The topological polar surface area (TPSA) is 132 Å². The van der Waals surface area contributed by atoms with Gasteiger partial charge in [-0.15, -0.1) is 0 Å². The highest BCUT2D eigenvalue weighted by molar-refractivity contribution is 5.97. The third kappa shape index (κ3) is 9.57. The number of hydrogen-bond acceptors (Lipinski definition) is 10. The van der Waals surface area contributed by atoms with Crippen molar-refractivity contribution in [2.24, 2.45) is 0 Å². The normalized spacial score (nSPS) is 10.5. The number of benzene rings is 5. The molecule has 0 aliphatic heterocycles. The summed E-state index contributed by atoms with van der Waals surface area (Å²) in [6.07, 6.45) is 3.83. The lowest BCUT2D eigenvalue weighted by molar-refractivity contribution is 0.0588. The van der Waals surface area contributed by atoms with Crippen LogP contribution in [0.5, 0.6) is 23.0 Å². The van der Waals surface area contributed by atoms with Gasteiger partial charge < -0.3 is 23.7 Å². The van der Waals surface area contributed by atoms with Gasteiger partial charge in [0.25, 0.3) is 0 Å². The number of methoxy groups -OCH3 is 1. The summed E-state index contributed by atoms with van der Waals surface area (Å²) in [5.74, 6) is -3.14. The first-order chi connectivity index (χ1) is 25.2. The van der Waals surface area contributed by atoms with Crippen molar-refractivity contribution in [1.82, 2.24) is 0 Å².